The highest BCUT2D eigenvalue weighted by Gasteiger charge is 2.33. The Morgan fingerprint density at radius 3 is 2.44 bits per heavy atom. The van der Waals surface area contributed by atoms with E-state index in [2.05, 4.69) is 24.5 Å². The lowest BCUT2D eigenvalue weighted by Crippen LogP contribution is -2.46. The summed E-state index contributed by atoms with van der Waals surface area (Å²) in [7, 11) is 0. The lowest BCUT2D eigenvalue weighted by molar-refractivity contribution is -0.123. The largest absolute Gasteiger partial charge is 0.352 e. The molecule has 0 saturated heterocycles. The molecule has 1 amide bonds. The smallest absolute Gasteiger partial charge is 0.237 e. The minimum atomic E-state index is -0.0421. The van der Waals surface area contributed by atoms with Crippen molar-refractivity contribution in [1.82, 2.24) is 10.6 Å². The van der Waals surface area contributed by atoms with Gasteiger partial charge < -0.3 is 10.6 Å². The lowest BCUT2D eigenvalue weighted by Gasteiger charge is -2.21. The molecule has 2 fully saturated rings. The van der Waals surface area contributed by atoms with Crippen LogP contribution in [0.15, 0.2) is 0 Å². The van der Waals surface area contributed by atoms with Crippen molar-refractivity contribution in [3.05, 3.63) is 0 Å². The maximum absolute atomic E-state index is 11.8. The van der Waals surface area contributed by atoms with E-state index < -0.39 is 0 Å². The minimum Gasteiger partial charge on any atom is -0.352 e. The lowest BCUT2D eigenvalue weighted by atomic mass is 9.92. The molecule has 3 nitrogen and oxygen atoms in total. The van der Waals surface area contributed by atoms with Gasteiger partial charge in [-0.3, -0.25) is 4.79 Å². The van der Waals surface area contributed by atoms with E-state index in [9.17, 15) is 4.79 Å². The number of carbonyl (C=O) groups is 1. The molecule has 0 spiro atoms. The summed E-state index contributed by atoms with van der Waals surface area (Å²) in [5.41, 5.74) is 0.449. The summed E-state index contributed by atoms with van der Waals surface area (Å²) in [5, 5.41) is 6.50. The molecule has 2 atom stereocenters. The minimum absolute atomic E-state index is 0.0421. The quantitative estimate of drug-likeness (QED) is 0.765. The van der Waals surface area contributed by atoms with E-state index in [0.717, 1.165) is 12.8 Å². The average molecular weight is 224 g/mol. The Morgan fingerprint density at radius 1 is 1.25 bits per heavy atom. The molecule has 2 unspecified atom stereocenters. The number of nitrogens with one attached hydrogen (secondary N) is 2. The van der Waals surface area contributed by atoms with Crippen LogP contribution in [-0.2, 0) is 4.79 Å². The van der Waals surface area contributed by atoms with E-state index >= 15 is 0 Å². The molecule has 2 N–H and O–H groups in total. The number of amides is 1. The Bertz CT molecular complexity index is 271. The second kappa shape index (κ2) is 4.36. The van der Waals surface area contributed by atoms with Crippen molar-refractivity contribution in [2.45, 2.75) is 71.0 Å². The normalized spacial score (nSPS) is 30.1. The fourth-order valence-corrected chi connectivity index (χ4v) is 2.56. The van der Waals surface area contributed by atoms with Gasteiger partial charge in [0.25, 0.3) is 0 Å². The third kappa shape index (κ3) is 3.21. The standard InChI is InChI=1S/C13H24N2O/c1-9(12(16)15-10-4-5-10)14-11-6-7-13(2,3)8-11/h9-11,14H,4-8H2,1-3H3,(H,15,16). The number of hydrogen-bond donors (Lipinski definition) is 2. The van der Waals surface area contributed by atoms with Gasteiger partial charge in [-0.25, -0.2) is 0 Å². The predicted molar refractivity (Wildman–Crippen MR) is 65.2 cm³/mol. The van der Waals surface area contributed by atoms with Crippen molar-refractivity contribution in [1.29, 1.82) is 0 Å². The van der Waals surface area contributed by atoms with E-state index in [4.69, 9.17) is 0 Å². The molecule has 0 bridgehead atoms. The second-order valence-electron chi connectivity index (χ2n) is 6.28. The summed E-state index contributed by atoms with van der Waals surface area (Å²) in [5.74, 6) is 0.173. The number of carbonyl (C=O) groups excluding carboxylic acids is 1. The Hall–Kier alpha value is -0.570. The Morgan fingerprint density at radius 2 is 1.94 bits per heavy atom. The first kappa shape index (κ1) is 11.9. The highest BCUT2D eigenvalue weighted by atomic mass is 16.2. The molecule has 2 saturated carbocycles. The molecular weight excluding hydrogens is 200 g/mol. The van der Waals surface area contributed by atoms with E-state index in [1.807, 2.05) is 6.92 Å². The highest BCUT2D eigenvalue weighted by Crippen LogP contribution is 2.37. The van der Waals surface area contributed by atoms with E-state index in [-0.39, 0.29) is 11.9 Å². The first-order valence-electron chi connectivity index (χ1n) is 6.53. The monoisotopic (exact) mass is 224 g/mol. The fourth-order valence-electron chi connectivity index (χ4n) is 2.56. The maximum Gasteiger partial charge on any atom is 0.237 e. The van der Waals surface area contributed by atoms with Crippen LogP contribution in [0, 0.1) is 5.41 Å². The molecule has 0 aromatic heterocycles. The summed E-state index contributed by atoms with van der Waals surface area (Å²) >= 11 is 0. The fraction of sp³-hybridized carbons (Fsp3) is 0.923. The average Bonchev–Trinajstić information content (AvgIpc) is 2.92. The van der Waals surface area contributed by atoms with Gasteiger partial charge >= 0.3 is 0 Å². The van der Waals surface area contributed by atoms with Crippen molar-refractivity contribution in [3.8, 4) is 0 Å². The number of hydrogen-bond acceptors (Lipinski definition) is 2. The van der Waals surface area contributed by atoms with Crippen LogP contribution < -0.4 is 10.6 Å². The Kier molecular flexibility index (Phi) is 3.24. The Balaban J connectivity index is 1.74. The molecule has 0 aliphatic heterocycles. The summed E-state index contributed by atoms with van der Waals surface area (Å²) in [6.45, 7) is 6.59. The summed E-state index contributed by atoms with van der Waals surface area (Å²) in [6.07, 6.45) is 5.98. The van der Waals surface area contributed by atoms with Crippen molar-refractivity contribution in [2.75, 3.05) is 0 Å². The molecule has 2 rings (SSSR count). The zero-order chi connectivity index (χ0) is 11.8. The van der Waals surface area contributed by atoms with Gasteiger partial charge in [-0.2, -0.15) is 0 Å². The molecule has 0 aromatic rings. The van der Waals surface area contributed by atoms with Crippen LogP contribution >= 0.6 is 0 Å². The van der Waals surface area contributed by atoms with Crippen LogP contribution in [0.2, 0.25) is 0 Å². The predicted octanol–water partition coefficient (Wildman–Crippen LogP) is 1.82. The van der Waals surface area contributed by atoms with Gasteiger partial charge in [0.1, 0.15) is 0 Å². The van der Waals surface area contributed by atoms with Crippen LogP contribution in [0.1, 0.15) is 52.9 Å². The zero-order valence-corrected chi connectivity index (χ0v) is 10.7. The van der Waals surface area contributed by atoms with Gasteiger partial charge in [0.2, 0.25) is 5.91 Å². The molecule has 16 heavy (non-hydrogen) atoms. The summed E-state index contributed by atoms with van der Waals surface area (Å²) < 4.78 is 0. The number of rotatable bonds is 4. The van der Waals surface area contributed by atoms with Crippen LogP contribution in [0.4, 0.5) is 0 Å². The van der Waals surface area contributed by atoms with Gasteiger partial charge in [-0.15, -0.1) is 0 Å². The molecule has 0 heterocycles. The van der Waals surface area contributed by atoms with Gasteiger partial charge in [0, 0.05) is 12.1 Å². The van der Waals surface area contributed by atoms with Crippen LogP contribution in [-0.4, -0.2) is 24.0 Å². The molecule has 2 aliphatic rings. The third-order valence-corrected chi connectivity index (χ3v) is 3.77. The maximum atomic E-state index is 11.8. The first-order chi connectivity index (χ1) is 7.46. The SMILES string of the molecule is CC(NC1CCC(C)(C)C1)C(=O)NC1CC1. The highest BCUT2D eigenvalue weighted by molar-refractivity contribution is 5.81. The molecule has 3 heteroatoms. The van der Waals surface area contributed by atoms with Crippen LogP contribution in [0.5, 0.6) is 0 Å². The molecule has 2 aliphatic carbocycles. The first-order valence-corrected chi connectivity index (χ1v) is 6.53. The van der Waals surface area contributed by atoms with E-state index in [1.165, 1.54) is 19.3 Å². The van der Waals surface area contributed by atoms with Gasteiger partial charge in [-0.1, -0.05) is 13.8 Å². The second-order valence-corrected chi connectivity index (χ2v) is 6.28. The molecule has 0 radical (unpaired) electrons. The van der Waals surface area contributed by atoms with Crippen molar-refractivity contribution in [3.63, 3.8) is 0 Å². The van der Waals surface area contributed by atoms with Crippen molar-refractivity contribution in [2.24, 2.45) is 5.41 Å². The van der Waals surface area contributed by atoms with Crippen LogP contribution in [0.25, 0.3) is 0 Å². The van der Waals surface area contributed by atoms with Crippen molar-refractivity contribution >= 4 is 5.91 Å². The molecule has 0 aromatic carbocycles. The molecule has 92 valence electrons. The summed E-state index contributed by atoms with van der Waals surface area (Å²) in [6, 6.07) is 0.950. The zero-order valence-electron chi connectivity index (χ0n) is 10.7. The topological polar surface area (TPSA) is 41.1 Å². The Labute approximate surface area is 98.4 Å². The summed E-state index contributed by atoms with van der Waals surface area (Å²) in [4.78, 5) is 11.8. The van der Waals surface area contributed by atoms with Gasteiger partial charge in [0.15, 0.2) is 0 Å². The van der Waals surface area contributed by atoms with Gasteiger partial charge in [0.05, 0.1) is 6.04 Å². The van der Waals surface area contributed by atoms with E-state index in [1.54, 1.807) is 0 Å². The molecular formula is C13H24N2O. The van der Waals surface area contributed by atoms with E-state index in [0.29, 0.717) is 17.5 Å². The third-order valence-electron chi connectivity index (χ3n) is 3.77. The van der Waals surface area contributed by atoms with Crippen molar-refractivity contribution < 1.29 is 4.79 Å². The van der Waals surface area contributed by atoms with Gasteiger partial charge in [-0.05, 0) is 44.4 Å². The van der Waals surface area contributed by atoms with Crippen LogP contribution in [0.3, 0.4) is 0 Å².